The number of fused-ring (bicyclic) bond motifs is 1. The van der Waals surface area contributed by atoms with Crippen molar-refractivity contribution >= 4 is 28.4 Å². The summed E-state index contributed by atoms with van der Waals surface area (Å²) in [6.45, 7) is 4.07. The number of benzene rings is 1. The molecule has 9 nitrogen and oxygen atoms in total. The minimum absolute atomic E-state index is 0.256. The molecule has 1 aliphatic rings. The zero-order valence-electron chi connectivity index (χ0n) is 15.3. The SMILES string of the molecule is O=C(NCCNc1cc(N2CCOCC2)cnn1)c1cnc2ccccc2n1. The van der Waals surface area contributed by atoms with Gasteiger partial charge in [-0.3, -0.25) is 9.78 Å². The number of hydrogen-bond donors (Lipinski definition) is 2. The number of amides is 1. The van der Waals surface area contributed by atoms with Gasteiger partial charge in [-0.15, -0.1) is 5.10 Å². The first-order valence-corrected chi connectivity index (χ1v) is 9.19. The molecule has 3 heterocycles. The highest BCUT2D eigenvalue weighted by Crippen LogP contribution is 2.16. The van der Waals surface area contributed by atoms with Crippen molar-refractivity contribution in [3.63, 3.8) is 0 Å². The van der Waals surface area contributed by atoms with E-state index in [9.17, 15) is 4.79 Å². The normalized spacial score (nSPS) is 14.1. The second-order valence-corrected chi connectivity index (χ2v) is 6.33. The van der Waals surface area contributed by atoms with Gasteiger partial charge in [0.25, 0.3) is 5.91 Å². The molecule has 0 bridgehead atoms. The van der Waals surface area contributed by atoms with Gasteiger partial charge in [-0.2, -0.15) is 5.10 Å². The lowest BCUT2D eigenvalue weighted by Gasteiger charge is -2.28. The van der Waals surface area contributed by atoms with Crippen LogP contribution in [0.1, 0.15) is 10.5 Å². The highest BCUT2D eigenvalue weighted by atomic mass is 16.5. The number of morpholine rings is 1. The van der Waals surface area contributed by atoms with Crippen LogP contribution in [0.25, 0.3) is 11.0 Å². The first kappa shape index (κ1) is 18.1. The van der Waals surface area contributed by atoms with Crippen LogP contribution >= 0.6 is 0 Å². The molecule has 1 aliphatic heterocycles. The van der Waals surface area contributed by atoms with Crippen LogP contribution in [0.3, 0.4) is 0 Å². The average Bonchev–Trinajstić information content (AvgIpc) is 2.77. The maximum Gasteiger partial charge on any atom is 0.271 e. The summed E-state index contributed by atoms with van der Waals surface area (Å²) < 4.78 is 5.37. The summed E-state index contributed by atoms with van der Waals surface area (Å²) >= 11 is 0. The number of anilines is 2. The molecule has 1 fully saturated rings. The van der Waals surface area contributed by atoms with Crippen LogP contribution in [0.5, 0.6) is 0 Å². The van der Waals surface area contributed by atoms with E-state index >= 15 is 0 Å². The predicted octanol–water partition coefficient (Wildman–Crippen LogP) is 1.10. The summed E-state index contributed by atoms with van der Waals surface area (Å²) in [5.41, 5.74) is 2.77. The Balaban J connectivity index is 1.28. The summed E-state index contributed by atoms with van der Waals surface area (Å²) in [4.78, 5) is 23.1. The zero-order valence-corrected chi connectivity index (χ0v) is 15.3. The Morgan fingerprint density at radius 3 is 2.79 bits per heavy atom. The van der Waals surface area contributed by atoms with Crippen molar-refractivity contribution < 1.29 is 9.53 Å². The Bertz CT molecular complexity index is 960. The van der Waals surface area contributed by atoms with Gasteiger partial charge in [0, 0.05) is 32.2 Å². The van der Waals surface area contributed by atoms with Gasteiger partial charge in [0.05, 0.1) is 42.3 Å². The van der Waals surface area contributed by atoms with E-state index in [2.05, 4.69) is 35.7 Å². The molecule has 4 rings (SSSR count). The number of ether oxygens (including phenoxy) is 1. The van der Waals surface area contributed by atoms with E-state index in [1.807, 2.05) is 30.3 Å². The Kier molecular flexibility index (Phi) is 5.53. The van der Waals surface area contributed by atoms with Gasteiger partial charge in [0.15, 0.2) is 5.82 Å². The van der Waals surface area contributed by atoms with Crippen molar-refractivity contribution in [1.29, 1.82) is 0 Å². The Hall–Kier alpha value is -3.33. The van der Waals surface area contributed by atoms with E-state index in [1.165, 1.54) is 6.20 Å². The van der Waals surface area contributed by atoms with Crippen LogP contribution in [0, 0.1) is 0 Å². The average molecular weight is 379 g/mol. The minimum atomic E-state index is -0.256. The maximum atomic E-state index is 12.3. The van der Waals surface area contributed by atoms with Crippen LogP contribution in [0.2, 0.25) is 0 Å². The van der Waals surface area contributed by atoms with Crippen molar-refractivity contribution in [3.05, 3.63) is 48.4 Å². The highest BCUT2D eigenvalue weighted by molar-refractivity contribution is 5.93. The Morgan fingerprint density at radius 1 is 1.11 bits per heavy atom. The smallest absolute Gasteiger partial charge is 0.271 e. The molecule has 144 valence electrons. The summed E-state index contributed by atoms with van der Waals surface area (Å²) in [7, 11) is 0. The third-order valence-electron chi connectivity index (χ3n) is 4.41. The number of rotatable bonds is 6. The molecule has 0 unspecified atom stereocenters. The number of carbonyl (C=O) groups is 1. The highest BCUT2D eigenvalue weighted by Gasteiger charge is 2.12. The lowest BCUT2D eigenvalue weighted by molar-refractivity contribution is 0.0950. The maximum absolute atomic E-state index is 12.3. The van der Waals surface area contributed by atoms with E-state index in [-0.39, 0.29) is 5.91 Å². The Labute approximate surface area is 162 Å². The third-order valence-corrected chi connectivity index (χ3v) is 4.41. The van der Waals surface area contributed by atoms with Gasteiger partial charge >= 0.3 is 0 Å². The number of para-hydroxylation sites is 2. The lowest BCUT2D eigenvalue weighted by atomic mass is 10.3. The van der Waals surface area contributed by atoms with E-state index in [4.69, 9.17) is 4.74 Å². The monoisotopic (exact) mass is 379 g/mol. The summed E-state index contributed by atoms with van der Waals surface area (Å²) in [5.74, 6) is 0.414. The molecule has 0 aliphatic carbocycles. The number of nitrogens with zero attached hydrogens (tertiary/aromatic N) is 5. The molecule has 0 spiro atoms. The first-order chi connectivity index (χ1) is 13.8. The van der Waals surface area contributed by atoms with Crippen LogP contribution in [-0.2, 0) is 4.74 Å². The van der Waals surface area contributed by atoms with Crippen molar-refractivity contribution in [2.24, 2.45) is 0 Å². The van der Waals surface area contributed by atoms with E-state index in [1.54, 1.807) is 6.20 Å². The molecular formula is C19H21N7O2. The summed E-state index contributed by atoms with van der Waals surface area (Å²) in [5, 5.41) is 14.1. The van der Waals surface area contributed by atoms with Gasteiger partial charge in [-0.25, -0.2) is 4.98 Å². The van der Waals surface area contributed by atoms with Crippen molar-refractivity contribution in [1.82, 2.24) is 25.5 Å². The van der Waals surface area contributed by atoms with Crippen LogP contribution in [0.4, 0.5) is 11.5 Å². The summed E-state index contributed by atoms with van der Waals surface area (Å²) in [6.07, 6.45) is 3.24. The van der Waals surface area contributed by atoms with Crippen LogP contribution in [0.15, 0.2) is 42.7 Å². The molecule has 0 atom stereocenters. The molecule has 0 saturated carbocycles. The fourth-order valence-electron chi connectivity index (χ4n) is 2.96. The fraction of sp³-hybridized carbons (Fsp3) is 0.316. The quantitative estimate of drug-likeness (QED) is 0.614. The van der Waals surface area contributed by atoms with Crippen LogP contribution in [-0.4, -0.2) is 65.5 Å². The van der Waals surface area contributed by atoms with E-state index < -0.39 is 0 Å². The number of carbonyl (C=O) groups excluding carboxylic acids is 1. The minimum Gasteiger partial charge on any atom is -0.378 e. The molecule has 28 heavy (non-hydrogen) atoms. The topological polar surface area (TPSA) is 105 Å². The Morgan fingerprint density at radius 2 is 1.93 bits per heavy atom. The van der Waals surface area contributed by atoms with Crippen molar-refractivity contribution in [3.8, 4) is 0 Å². The summed E-state index contributed by atoms with van der Waals surface area (Å²) in [6, 6.07) is 9.41. The third kappa shape index (κ3) is 4.32. The molecule has 9 heteroatoms. The van der Waals surface area contributed by atoms with Crippen molar-refractivity contribution in [2.75, 3.05) is 49.6 Å². The molecule has 0 radical (unpaired) electrons. The number of nitrogens with one attached hydrogen (secondary N) is 2. The largest absolute Gasteiger partial charge is 0.378 e. The second kappa shape index (κ2) is 8.57. The molecule has 1 amide bonds. The molecule has 2 aromatic heterocycles. The van der Waals surface area contributed by atoms with Gasteiger partial charge in [0.1, 0.15) is 5.69 Å². The number of aromatic nitrogens is 4. The van der Waals surface area contributed by atoms with E-state index in [0.717, 1.165) is 37.5 Å². The van der Waals surface area contributed by atoms with Gasteiger partial charge in [-0.1, -0.05) is 12.1 Å². The molecule has 3 aromatic rings. The lowest BCUT2D eigenvalue weighted by Crippen LogP contribution is -2.36. The zero-order chi connectivity index (χ0) is 19.2. The molecular weight excluding hydrogens is 358 g/mol. The van der Waals surface area contributed by atoms with E-state index in [0.29, 0.717) is 30.1 Å². The first-order valence-electron chi connectivity index (χ1n) is 9.19. The van der Waals surface area contributed by atoms with Gasteiger partial charge in [0.2, 0.25) is 0 Å². The fourth-order valence-corrected chi connectivity index (χ4v) is 2.96. The molecule has 1 aromatic carbocycles. The van der Waals surface area contributed by atoms with Gasteiger partial charge in [-0.05, 0) is 12.1 Å². The molecule has 1 saturated heterocycles. The molecule has 2 N–H and O–H groups in total. The van der Waals surface area contributed by atoms with Gasteiger partial charge < -0.3 is 20.3 Å². The standard InChI is InChI=1S/C19H21N7O2/c27-19(17-13-22-15-3-1-2-4-16(15)24-17)21-6-5-20-18-11-14(12-23-25-18)26-7-9-28-10-8-26/h1-4,11-13H,5-10H2,(H,20,25)(H,21,27). The second-order valence-electron chi connectivity index (χ2n) is 6.33. The predicted molar refractivity (Wildman–Crippen MR) is 105 cm³/mol. The van der Waals surface area contributed by atoms with Crippen LogP contribution < -0.4 is 15.5 Å². The van der Waals surface area contributed by atoms with Crippen molar-refractivity contribution in [2.45, 2.75) is 0 Å². The number of hydrogen-bond acceptors (Lipinski definition) is 8.